The molecule has 0 atom stereocenters. The Morgan fingerprint density at radius 1 is 1.13 bits per heavy atom. The molecule has 0 unspecified atom stereocenters. The second-order valence-corrected chi connectivity index (χ2v) is 8.26. The summed E-state index contributed by atoms with van der Waals surface area (Å²) in [6, 6.07) is 10.1. The molecule has 2 aromatic heterocycles. The van der Waals surface area contributed by atoms with E-state index in [1.54, 1.807) is 41.6 Å². The van der Waals surface area contributed by atoms with Crippen LogP contribution in [0.1, 0.15) is 10.4 Å². The first-order valence-electron chi connectivity index (χ1n) is 10.1. The molecule has 1 fully saturated rings. The van der Waals surface area contributed by atoms with Crippen molar-refractivity contribution in [3.05, 3.63) is 60.2 Å². The van der Waals surface area contributed by atoms with Crippen LogP contribution in [0.15, 0.2) is 48.8 Å². The van der Waals surface area contributed by atoms with Gasteiger partial charge in [0.1, 0.15) is 11.3 Å². The van der Waals surface area contributed by atoms with E-state index in [1.165, 1.54) is 17.4 Å². The van der Waals surface area contributed by atoms with Crippen molar-refractivity contribution in [1.82, 2.24) is 19.9 Å². The van der Waals surface area contributed by atoms with Crippen molar-refractivity contribution >= 4 is 43.6 Å². The number of nitrogens with zero attached hydrogens (tertiary/aromatic N) is 5. The number of amides is 1. The Balaban J connectivity index is 1.49. The summed E-state index contributed by atoms with van der Waals surface area (Å²) < 4.78 is 20.4. The molecule has 0 N–H and O–H groups in total. The van der Waals surface area contributed by atoms with Gasteiger partial charge in [0.05, 0.1) is 28.9 Å². The minimum atomic E-state index is -0.387. The standard InChI is InChI=1S/C22H20FN5O2S/c23-16-2-1-3-19-20(16)26-22(31-19)28(9-8-27-10-12-30-13-11-27)21(29)15-4-5-17-18(14-15)25-7-6-24-17/h1-7,14H,8-13H2. The number of aromatic nitrogens is 3. The van der Waals surface area contributed by atoms with Crippen molar-refractivity contribution in [3.63, 3.8) is 0 Å². The SMILES string of the molecule is O=C(c1ccc2nccnc2c1)N(CCN1CCOCC1)c1nc2c(F)cccc2s1. The lowest BCUT2D eigenvalue weighted by atomic mass is 10.1. The van der Waals surface area contributed by atoms with E-state index in [9.17, 15) is 9.18 Å². The first-order valence-corrected chi connectivity index (χ1v) is 10.9. The van der Waals surface area contributed by atoms with Gasteiger partial charge in [0, 0.05) is 44.1 Å². The minimum absolute atomic E-state index is 0.194. The molecule has 0 saturated carbocycles. The summed E-state index contributed by atoms with van der Waals surface area (Å²) in [5.74, 6) is -0.582. The summed E-state index contributed by atoms with van der Waals surface area (Å²) >= 11 is 1.32. The highest BCUT2D eigenvalue weighted by atomic mass is 32.1. The fourth-order valence-electron chi connectivity index (χ4n) is 3.62. The molecule has 9 heteroatoms. The summed E-state index contributed by atoms with van der Waals surface area (Å²) in [4.78, 5) is 30.5. The topological polar surface area (TPSA) is 71.5 Å². The smallest absolute Gasteiger partial charge is 0.260 e. The molecular weight excluding hydrogens is 417 g/mol. The van der Waals surface area contributed by atoms with E-state index in [-0.39, 0.29) is 17.2 Å². The van der Waals surface area contributed by atoms with Gasteiger partial charge in [0.15, 0.2) is 5.13 Å². The van der Waals surface area contributed by atoms with Gasteiger partial charge >= 0.3 is 0 Å². The lowest BCUT2D eigenvalue weighted by Gasteiger charge is -2.29. The third kappa shape index (κ3) is 4.12. The minimum Gasteiger partial charge on any atom is -0.379 e. The molecule has 2 aromatic carbocycles. The molecule has 5 rings (SSSR count). The van der Waals surface area contributed by atoms with Gasteiger partial charge in [-0.25, -0.2) is 9.37 Å². The Kier molecular flexibility index (Phi) is 5.54. The number of carbonyl (C=O) groups is 1. The second kappa shape index (κ2) is 8.62. The lowest BCUT2D eigenvalue weighted by molar-refractivity contribution is 0.0391. The number of benzene rings is 2. The Labute approximate surface area is 182 Å². The van der Waals surface area contributed by atoms with Gasteiger partial charge in [-0.3, -0.25) is 24.6 Å². The van der Waals surface area contributed by atoms with Gasteiger partial charge in [-0.1, -0.05) is 17.4 Å². The maximum Gasteiger partial charge on any atom is 0.260 e. The van der Waals surface area contributed by atoms with Crippen LogP contribution in [0.2, 0.25) is 0 Å². The zero-order valence-electron chi connectivity index (χ0n) is 16.7. The van der Waals surface area contributed by atoms with E-state index in [0.717, 1.165) is 18.6 Å². The van der Waals surface area contributed by atoms with E-state index < -0.39 is 0 Å². The third-order valence-corrected chi connectivity index (χ3v) is 6.34. The van der Waals surface area contributed by atoms with E-state index in [0.29, 0.717) is 47.2 Å². The molecule has 0 bridgehead atoms. The monoisotopic (exact) mass is 437 g/mol. The maximum absolute atomic E-state index is 14.2. The van der Waals surface area contributed by atoms with Crippen molar-refractivity contribution in [2.75, 3.05) is 44.3 Å². The number of carbonyl (C=O) groups excluding carboxylic acids is 1. The molecule has 4 aromatic rings. The molecule has 31 heavy (non-hydrogen) atoms. The predicted octanol–water partition coefficient (Wildman–Crippen LogP) is 3.36. The number of halogens is 1. The van der Waals surface area contributed by atoms with Crippen molar-refractivity contribution in [3.8, 4) is 0 Å². The normalized spacial score (nSPS) is 14.9. The molecule has 0 spiro atoms. The number of rotatable bonds is 5. The molecule has 1 aliphatic rings. The summed E-state index contributed by atoms with van der Waals surface area (Å²) in [5.41, 5.74) is 2.16. The first kappa shape index (κ1) is 19.9. The fraction of sp³-hybridized carbons (Fsp3) is 0.273. The number of thiazole rings is 1. The third-order valence-electron chi connectivity index (χ3n) is 5.29. The van der Waals surface area contributed by atoms with E-state index in [4.69, 9.17) is 4.74 Å². The Bertz CT molecular complexity index is 1240. The predicted molar refractivity (Wildman–Crippen MR) is 118 cm³/mol. The molecule has 158 valence electrons. The van der Waals surface area contributed by atoms with Crippen LogP contribution >= 0.6 is 11.3 Å². The zero-order chi connectivity index (χ0) is 21.2. The number of para-hydroxylation sites is 1. The summed E-state index contributed by atoms with van der Waals surface area (Å²) in [5, 5.41) is 0.484. The highest BCUT2D eigenvalue weighted by molar-refractivity contribution is 7.22. The molecule has 7 nitrogen and oxygen atoms in total. The average Bonchev–Trinajstić information content (AvgIpc) is 3.25. The van der Waals surface area contributed by atoms with Crippen molar-refractivity contribution in [2.45, 2.75) is 0 Å². The van der Waals surface area contributed by atoms with Crippen LogP contribution in [-0.2, 0) is 4.74 Å². The van der Waals surface area contributed by atoms with E-state index in [2.05, 4.69) is 19.9 Å². The highest BCUT2D eigenvalue weighted by Crippen LogP contribution is 2.31. The fourth-order valence-corrected chi connectivity index (χ4v) is 4.63. The molecule has 1 saturated heterocycles. The van der Waals surface area contributed by atoms with Crippen LogP contribution in [0.3, 0.4) is 0 Å². The summed E-state index contributed by atoms with van der Waals surface area (Å²) in [6.45, 7) is 4.14. The number of fused-ring (bicyclic) bond motifs is 2. The number of morpholine rings is 1. The molecule has 1 aliphatic heterocycles. The Morgan fingerprint density at radius 3 is 2.74 bits per heavy atom. The molecular formula is C22H20FN5O2S. The van der Waals surface area contributed by atoms with Gasteiger partial charge in [-0.2, -0.15) is 0 Å². The number of hydrogen-bond donors (Lipinski definition) is 0. The van der Waals surface area contributed by atoms with Crippen LogP contribution in [-0.4, -0.2) is 65.2 Å². The summed E-state index contributed by atoms with van der Waals surface area (Å²) in [7, 11) is 0. The quantitative estimate of drug-likeness (QED) is 0.477. The van der Waals surface area contributed by atoms with E-state index >= 15 is 0 Å². The number of ether oxygens (including phenoxy) is 1. The lowest BCUT2D eigenvalue weighted by Crippen LogP contribution is -2.43. The highest BCUT2D eigenvalue weighted by Gasteiger charge is 2.24. The second-order valence-electron chi connectivity index (χ2n) is 7.25. The number of hydrogen-bond acceptors (Lipinski definition) is 7. The van der Waals surface area contributed by atoms with Crippen LogP contribution in [0.4, 0.5) is 9.52 Å². The van der Waals surface area contributed by atoms with Gasteiger partial charge in [-0.05, 0) is 30.3 Å². The van der Waals surface area contributed by atoms with Crippen LogP contribution in [0.5, 0.6) is 0 Å². The largest absolute Gasteiger partial charge is 0.379 e. The summed E-state index contributed by atoms with van der Waals surface area (Å²) in [6.07, 6.45) is 3.22. The maximum atomic E-state index is 14.2. The van der Waals surface area contributed by atoms with Crippen LogP contribution < -0.4 is 4.90 Å². The van der Waals surface area contributed by atoms with Crippen LogP contribution in [0, 0.1) is 5.82 Å². The van der Waals surface area contributed by atoms with Gasteiger partial charge in [-0.15, -0.1) is 0 Å². The molecule has 1 amide bonds. The van der Waals surface area contributed by atoms with Gasteiger partial charge < -0.3 is 4.74 Å². The average molecular weight is 438 g/mol. The first-order chi connectivity index (χ1) is 15.2. The zero-order valence-corrected chi connectivity index (χ0v) is 17.5. The molecule has 3 heterocycles. The van der Waals surface area contributed by atoms with Crippen molar-refractivity contribution in [1.29, 1.82) is 0 Å². The van der Waals surface area contributed by atoms with Crippen LogP contribution in [0.25, 0.3) is 21.3 Å². The van der Waals surface area contributed by atoms with Crippen molar-refractivity contribution < 1.29 is 13.9 Å². The van der Waals surface area contributed by atoms with Gasteiger partial charge in [0.25, 0.3) is 5.91 Å². The Hall–Kier alpha value is -3.01. The van der Waals surface area contributed by atoms with Crippen molar-refractivity contribution in [2.24, 2.45) is 0 Å². The van der Waals surface area contributed by atoms with Gasteiger partial charge in [0.2, 0.25) is 0 Å². The number of anilines is 1. The molecule has 0 radical (unpaired) electrons. The molecule has 0 aliphatic carbocycles. The Morgan fingerprint density at radius 2 is 1.94 bits per heavy atom. The van der Waals surface area contributed by atoms with E-state index in [1.807, 2.05) is 6.07 Å².